The van der Waals surface area contributed by atoms with Crippen LogP contribution in [-0.2, 0) is 17.8 Å². The second kappa shape index (κ2) is 8.54. The van der Waals surface area contributed by atoms with Crippen molar-refractivity contribution in [1.82, 2.24) is 10.2 Å². The first-order valence-electron chi connectivity index (χ1n) is 10.8. The molecule has 1 N–H and O–H groups in total. The third-order valence-electron chi connectivity index (χ3n) is 6.21. The molecule has 2 aromatic carbocycles. The van der Waals surface area contributed by atoms with Crippen LogP contribution >= 0.6 is 0 Å². The first-order chi connectivity index (χ1) is 16.1. The number of hydrogen-bond acceptors (Lipinski definition) is 5. The number of ether oxygens (including phenoxy) is 2. The molecule has 1 atom stereocenters. The lowest BCUT2D eigenvalue weighted by Gasteiger charge is -2.45. The number of nitrogens with zero attached hydrogens (tertiary/aromatic N) is 2. The maximum Gasteiger partial charge on any atom is 0.325 e. The summed E-state index contributed by atoms with van der Waals surface area (Å²) in [5.41, 5.74) is 3.85. The van der Waals surface area contributed by atoms with Crippen LogP contribution in [0.1, 0.15) is 28.5 Å². The number of nitrogens with one attached hydrogen (secondary N) is 1. The van der Waals surface area contributed by atoms with E-state index in [0.717, 1.165) is 22.4 Å². The fourth-order valence-electron chi connectivity index (χ4n) is 4.66. The summed E-state index contributed by atoms with van der Waals surface area (Å²) < 4.78 is 16.3. The van der Waals surface area contributed by atoms with Crippen molar-refractivity contribution in [2.45, 2.75) is 19.0 Å². The normalized spacial score (nSPS) is 16.5. The molecule has 8 heteroatoms. The third-order valence-corrected chi connectivity index (χ3v) is 6.21. The number of fused-ring (bicyclic) bond motifs is 5. The molecule has 8 nitrogen and oxygen atoms in total. The number of furan rings is 1. The van der Waals surface area contributed by atoms with E-state index >= 15 is 0 Å². The molecule has 3 amide bonds. The zero-order chi connectivity index (χ0) is 22.9. The molecule has 0 unspecified atom stereocenters. The van der Waals surface area contributed by atoms with Crippen LogP contribution in [0.5, 0.6) is 11.5 Å². The van der Waals surface area contributed by atoms with Gasteiger partial charge in [0.25, 0.3) is 0 Å². The van der Waals surface area contributed by atoms with Gasteiger partial charge in [-0.15, -0.1) is 0 Å². The van der Waals surface area contributed by atoms with Gasteiger partial charge in [0.1, 0.15) is 12.3 Å². The van der Waals surface area contributed by atoms with E-state index in [1.165, 1.54) is 0 Å². The largest absolute Gasteiger partial charge is 0.493 e. The summed E-state index contributed by atoms with van der Waals surface area (Å²) in [6.45, 7) is 0.750. The van der Waals surface area contributed by atoms with Gasteiger partial charge in [-0.1, -0.05) is 18.2 Å². The van der Waals surface area contributed by atoms with Gasteiger partial charge in [0.05, 0.1) is 38.8 Å². The Labute approximate surface area is 191 Å². The Bertz CT molecular complexity index is 1190. The van der Waals surface area contributed by atoms with Gasteiger partial charge in [-0.25, -0.2) is 4.79 Å². The highest BCUT2D eigenvalue weighted by molar-refractivity contribution is 6.01. The summed E-state index contributed by atoms with van der Waals surface area (Å²) in [6, 6.07) is 14.8. The number of amides is 3. The van der Waals surface area contributed by atoms with Crippen molar-refractivity contribution in [2.24, 2.45) is 0 Å². The summed E-state index contributed by atoms with van der Waals surface area (Å²) >= 11 is 0. The minimum absolute atomic E-state index is 0.0709. The zero-order valence-corrected chi connectivity index (χ0v) is 18.5. The number of methoxy groups -OCH3 is 2. The summed E-state index contributed by atoms with van der Waals surface area (Å²) in [5, 5.41) is 2.82. The lowest BCUT2D eigenvalue weighted by atomic mass is 9.85. The molecule has 1 aromatic heterocycles. The minimum atomic E-state index is -0.253. The summed E-state index contributed by atoms with van der Waals surface area (Å²) in [4.78, 5) is 29.6. The molecule has 2 aliphatic rings. The van der Waals surface area contributed by atoms with E-state index in [1.807, 2.05) is 41.3 Å². The van der Waals surface area contributed by atoms with Gasteiger partial charge >= 0.3 is 6.03 Å². The van der Waals surface area contributed by atoms with Crippen molar-refractivity contribution in [3.8, 4) is 11.5 Å². The number of hydrogen-bond donors (Lipinski definition) is 1. The van der Waals surface area contributed by atoms with Crippen LogP contribution in [0.25, 0.3) is 0 Å². The van der Waals surface area contributed by atoms with Crippen molar-refractivity contribution in [3.05, 3.63) is 77.2 Å². The molecule has 0 bridgehead atoms. The van der Waals surface area contributed by atoms with Crippen molar-refractivity contribution in [1.29, 1.82) is 0 Å². The average molecular weight is 447 g/mol. The van der Waals surface area contributed by atoms with Crippen LogP contribution in [0, 0.1) is 0 Å². The lowest BCUT2D eigenvalue weighted by Crippen LogP contribution is -2.54. The van der Waals surface area contributed by atoms with Crippen LogP contribution in [-0.4, -0.2) is 44.1 Å². The average Bonchev–Trinajstić information content (AvgIpc) is 3.37. The highest BCUT2D eigenvalue weighted by Crippen LogP contribution is 2.46. The predicted octanol–water partition coefficient (Wildman–Crippen LogP) is 3.50. The molecule has 33 heavy (non-hydrogen) atoms. The van der Waals surface area contributed by atoms with E-state index in [2.05, 4.69) is 5.32 Å². The second-order valence-corrected chi connectivity index (χ2v) is 8.04. The van der Waals surface area contributed by atoms with Gasteiger partial charge < -0.3 is 24.1 Å². The topological polar surface area (TPSA) is 84.2 Å². The summed E-state index contributed by atoms with van der Waals surface area (Å²) in [7, 11) is 3.22. The highest BCUT2D eigenvalue weighted by Gasteiger charge is 2.42. The van der Waals surface area contributed by atoms with Crippen molar-refractivity contribution in [3.63, 3.8) is 0 Å². The molecule has 0 spiro atoms. The number of carbonyl (C=O) groups is 2. The minimum Gasteiger partial charge on any atom is -0.493 e. The van der Waals surface area contributed by atoms with Gasteiger partial charge in [-0.05, 0) is 47.9 Å². The maximum atomic E-state index is 13.6. The molecule has 0 radical (unpaired) electrons. The van der Waals surface area contributed by atoms with Gasteiger partial charge in [-0.3, -0.25) is 9.69 Å². The molecular weight excluding hydrogens is 422 g/mol. The number of anilines is 1. The molecule has 0 fully saturated rings. The quantitative estimate of drug-likeness (QED) is 0.625. The van der Waals surface area contributed by atoms with Crippen molar-refractivity contribution >= 4 is 17.6 Å². The summed E-state index contributed by atoms with van der Waals surface area (Å²) in [6.07, 6.45) is 2.25. The number of para-hydroxylation sites is 1. The van der Waals surface area contributed by atoms with E-state index in [9.17, 15) is 9.59 Å². The number of rotatable bonds is 6. The summed E-state index contributed by atoms with van der Waals surface area (Å²) in [5.74, 6) is 1.71. The molecule has 0 saturated carbocycles. The van der Waals surface area contributed by atoms with Crippen LogP contribution in [0.4, 0.5) is 10.5 Å². The number of carbonyl (C=O) groups excluding carboxylic acids is 2. The van der Waals surface area contributed by atoms with Gasteiger partial charge in [0, 0.05) is 12.1 Å². The third kappa shape index (κ3) is 3.67. The molecule has 3 aromatic rings. The Morgan fingerprint density at radius 1 is 1.09 bits per heavy atom. The monoisotopic (exact) mass is 447 g/mol. The zero-order valence-electron chi connectivity index (χ0n) is 18.5. The Hall–Kier alpha value is -3.94. The molecule has 0 saturated heterocycles. The smallest absolute Gasteiger partial charge is 0.325 e. The van der Waals surface area contributed by atoms with E-state index in [-0.39, 0.29) is 31.1 Å². The van der Waals surface area contributed by atoms with Crippen molar-refractivity contribution in [2.75, 3.05) is 32.2 Å². The van der Waals surface area contributed by atoms with E-state index in [0.29, 0.717) is 30.2 Å². The van der Waals surface area contributed by atoms with E-state index in [1.54, 1.807) is 37.5 Å². The highest BCUT2D eigenvalue weighted by atomic mass is 16.5. The molecule has 5 rings (SSSR count). The van der Waals surface area contributed by atoms with Gasteiger partial charge in [0.15, 0.2) is 11.5 Å². The lowest BCUT2D eigenvalue weighted by molar-refractivity contribution is -0.120. The Balaban J connectivity index is 1.48. The Kier molecular flexibility index (Phi) is 5.42. The van der Waals surface area contributed by atoms with Crippen molar-refractivity contribution < 1.29 is 23.5 Å². The Morgan fingerprint density at radius 3 is 2.64 bits per heavy atom. The van der Waals surface area contributed by atoms with Crippen LogP contribution < -0.4 is 19.7 Å². The number of benzene rings is 2. The number of urea groups is 1. The van der Waals surface area contributed by atoms with E-state index < -0.39 is 0 Å². The van der Waals surface area contributed by atoms with Gasteiger partial charge in [-0.2, -0.15) is 0 Å². The van der Waals surface area contributed by atoms with E-state index in [4.69, 9.17) is 13.9 Å². The van der Waals surface area contributed by atoms with Gasteiger partial charge in [0.2, 0.25) is 5.91 Å². The van der Waals surface area contributed by atoms with Crippen LogP contribution in [0.15, 0.2) is 59.2 Å². The SMILES string of the molecule is COc1cc2c(cc1OC)[C@H]1c3ccccc3N(CC(=O)NCc3ccco3)C(=O)N1CC2. The molecule has 2 aliphatic heterocycles. The molecule has 0 aliphatic carbocycles. The standard InChI is InChI=1S/C25H25N3O5/c1-31-21-12-16-9-10-27-24(19(16)13-22(21)32-2)18-7-3-4-8-20(18)28(25(27)30)15-23(29)26-14-17-6-5-11-33-17/h3-8,11-13,24H,9-10,14-15H2,1-2H3,(H,26,29)/t24-/m1/s1. The van der Waals surface area contributed by atoms with Crippen LogP contribution in [0.3, 0.4) is 0 Å². The maximum absolute atomic E-state index is 13.6. The van der Waals surface area contributed by atoms with Crippen LogP contribution in [0.2, 0.25) is 0 Å². The first-order valence-corrected chi connectivity index (χ1v) is 10.8. The predicted molar refractivity (Wildman–Crippen MR) is 122 cm³/mol. The fourth-order valence-corrected chi connectivity index (χ4v) is 4.66. The molecule has 3 heterocycles. The second-order valence-electron chi connectivity index (χ2n) is 8.04. The first kappa shape index (κ1) is 20.9. The molecular formula is C25H25N3O5. The fraction of sp³-hybridized carbons (Fsp3) is 0.280. The molecule has 170 valence electrons. The Morgan fingerprint density at radius 2 is 1.88 bits per heavy atom.